The molecule has 158 valence electrons. The number of carbonyl (C=O) groups excluding carboxylic acids is 1. The number of nitrogens with two attached hydrogens (primary N) is 2. The van der Waals surface area contributed by atoms with Crippen LogP contribution in [0.4, 0.5) is 11.6 Å². The Hall–Kier alpha value is -2.17. The molecule has 1 aromatic carbocycles. The molecular weight excluding hydrogens is 447 g/mol. The number of primary amides is 1. The minimum atomic E-state index is -0.599. The number of hydrazine groups is 1. The Balaban J connectivity index is 1.94. The highest BCUT2D eigenvalue weighted by atomic mass is 35.5. The summed E-state index contributed by atoms with van der Waals surface area (Å²) in [6, 6.07) is 5.23. The van der Waals surface area contributed by atoms with Gasteiger partial charge in [-0.3, -0.25) is 9.80 Å². The maximum atomic E-state index is 11.9. The van der Waals surface area contributed by atoms with Gasteiger partial charge in [0.25, 0.3) is 5.91 Å². The Morgan fingerprint density at radius 2 is 2.00 bits per heavy atom. The van der Waals surface area contributed by atoms with Crippen LogP contribution in [0.25, 0.3) is 21.5 Å². The van der Waals surface area contributed by atoms with E-state index in [-0.39, 0.29) is 10.6 Å². The largest absolute Gasteiger partial charge is 0.397 e. The third-order valence-corrected chi connectivity index (χ3v) is 6.71. The molecule has 1 fully saturated rings. The van der Waals surface area contributed by atoms with Crippen LogP contribution in [0.1, 0.15) is 16.6 Å². The van der Waals surface area contributed by atoms with Crippen LogP contribution in [0.15, 0.2) is 18.2 Å². The van der Waals surface area contributed by atoms with Crippen molar-refractivity contribution in [2.24, 2.45) is 5.73 Å². The van der Waals surface area contributed by atoms with Gasteiger partial charge in [0, 0.05) is 25.2 Å². The van der Waals surface area contributed by atoms with Crippen molar-refractivity contribution in [2.75, 3.05) is 43.6 Å². The quantitative estimate of drug-likeness (QED) is 0.592. The first-order chi connectivity index (χ1) is 14.4. The molecule has 0 unspecified atom stereocenters. The van der Waals surface area contributed by atoms with Crippen LogP contribution in [0, 0.1) is 0 Å². The molecule has 2 aromatic heterocycles. The number of hydrogen-bond donors (Lipinski definition) is 2. The first kappa shape index (κ1) is 21.1. The lowest BCUT2D eigenvalue weighted by Gasteiger charge is -2.36. The number of fused-ring (bicyclic) bond motifs is 1. The number of hydrogen-bond acceptors (Lipinski definition) is 8. The Bertz CT molecular complexity index is 1120. The molecule has 4 rings (SSSR count). The Labute approximate surface area is 187 Å². The molecule has 3 aromatic rings. The van der Waals surface area contributed by atoms with Gasteiger partial charge in [0.2, 0.25) is 5.95 Å². The highest BCUT2D eigenvalue weighted by Gasteiger charge is 2.25. The molecule has 0 atom stereocenters. The molecule has 11 heteroatoms. The summed E-state index contributed by atoms with van der Waals surface area (Å²) in [5.41, 5.74) is 13.4. The summed E-state index contributed by atoms with van der Waals surface area (Å²) in [6.45, 7) is 5.43. The number of benzene rings is 1. The van der Waals surface area contributed by atoms with Gasteiger partial charge in [-0.05, 0) is 19.1 Å². The van der Waals surface area contributed by atoms with E-state index in [4.69, 9.17) is 49.4 Å². The highest BCUT2D eigenvalue weighted by Crippen LogP contribution is 2.40. The fourth-order valence-corrected chi connectivity index (χ4v) is 4.66. The van der Waals surface area contributed by atoms with Crippen molar-refractivity contribution in [1.82, 2.24) is 15.0 Å². The van der Waals surface area contributed by atoms with Crippen molar-refractivity contribution in [1.29, 1.82) is 0 Å². The van der Waals surface area contributed by atoms with E-state index in [0.29, 0.717) is 51.7 Å². The van der Waals surface area contributed by atoms with E-state index in [1.807, 2.05) is 18.0 Å². The Kier molecular flexibility index (Phi) is 5.99. The fourth-order valence-electron chi connectivity index (χ4n) is 3.42. The molecule has 4 N–H and O–H groups in total. The maximum Gasteiger partial charge on any atom is 0.260 e. The van der Waals surface area contributed by atoms with Crippen LogP contribution in [-0.2, 0) is 4.74 Å². The van der Waals surface area contributed by atoms with E-state index < -0.39 is 5.91 Å². The van der Waals surface area contributed by atoms with Gasteiger partial charge in [-0.1, -0.05) is 29.3 Å². The molecular formula is C19H20Cl2N6O2S. The third kappa shape index (κ3) is 3.79. The number of nitrogen functional groups attached to an aromatic ring is 1. The molecule has 0 bridgehead atoms. The number of anilines is 2. The summed E-state index contributed by atoms with van der Waals surface area (Å²) in [5, 5.41) is 5.56. The van der Waals surface area contributed by atoms with Gasteiger partial charge in [0.1, 0.15) is 9.71 Å². The van der Waals surface area contributed by atoms with Crippen LogP contribution in [0.5, 0.6) is 0 Å². The average molecular weight is 467 g/mol. The van der Waals surface area contributed by atoms with Crippen molar-refractivity contribution in [3.05, 3.63) is 33.1 Å². The molecule has 1 aliphatic heterocycles. The molecule has 3 heterocycles. The second-order valence-electron chi connectivity index (χ2n) is 6.67. The average Bonchev–Trinajstić information content (AvgIpc) is 3.08. The van der Waals surface area contributed by atoms with E-state index >= 15 is 0 Å². The zero-order valence-corrected chi connectivity index (χ0v) is 18.5. The lowest BCUT2D eigenvalue weighted by molar-refractivity contribution is 0.0315. The SMILES string of the molecule is CCN(c1nc(-c2ccc(Cl)c(Cl)c2)c2c(N)c(C(N)=O)sc2n1)N1CCOCC1. The van der Waals surface area contributed by atoms with Crippen LogP contribution < -0.4 is 16.5 Å². The molecule has 0 spiro atoms. The predicted molar refractivity (Wildman–Crippen MR) is 121 cm³/mol. The third-order valence-electron chi connectivity index (χ3n) is 4.85. The number of ether oxygens (including phenoxy) is 1. The monoisotopic (exact) mass is 466 g/mol. The number of aromatic nitrogens is 2. The summed E-state index contributed by atoms with van der Waals surface area (Å²) in [5.74, 6) is -0.0945. The van der Waals surface area contributed by atoms with Gasteiger partial charge < -0.3 is 16.2 Å². The number of nitrogens with zero attached hydrogens (tertiary/aromatic N) is 4. The van der Waals surface area contributed by atoms with Crippen LogP contribution in [0.3, 0.4) is 0 Å². The second kappa shape index (κ2) is 8.52. The fraction of sp³-hybridized carbons (Fsp3) is 0.316. The normalized spacial score (nSPS) is 14.9. The first-order valence-corrected chi connectivity index (χ1v) is 10.9. The zero-order chi connectivity index (χ0) is 21.4. The number of rotatable bonds is 5. The van der Waals surface area contributed by atoms with Gasteiger partial charge in [-0.15, -0.1) is 11.3 Å². The van der Waals surface area contributed by atoms with Crippen molar-refractivity contribution < 1.29 is 9.53 Å². The predicted octanol–water partition coefficient (Wildman–Crippen LogP) is 3.42. The first-order valence-electron chi connectivity index (χ1n) is 9.36. The lowest BCUT2D eigenvalue weighted by atomic mass is 10.1. The van der Waals surface area contributed by atoms with Crippen molar-refractivity contribution in [2.45, 2.75) is 6.92 Å². The van der Waals surface area contributed by atoms with Gasteiger partial charge in [-0.25, -0.2) is 15.0 Å². The van der Waals surface area contributed by atoms with E-state index in [1.54, 1.807) is 12.1 Å². The molecule has 1 amide bonds. The second-order valence-corrected chi connectivity index (χ2v) is 8.49. The van der Waals surface area contributed by atoms with Gasteiger partial charge in [0.15, 0.2) is 0 Å². The Morgan fingerprint density at radius 1 is 1.27 bits per heavy atom. The summed E-state index contributed by atoms with van der Waals surface area (Å²) >= 11 is 13.5. The van der Waals surface area contributed by atoms with Crippen molar-refractivity contribution in [3.8, 4) is 11.3 Å². The van der Waals surface area contributed by atoms with Crippen molar-refractivity contribution in [3.63, 3.8) is 0 Å². The highest BCUT2D eigenvalue weighted by molar-refractivity contribution is 7.21. The standard InChI is InChI=1S/C19H20Cl2N6O2S/c1-2-27(26-5-7-29-8-6-26)19-24-15(10-3-4-11(20)12(21)9-10)13-14(22)16(17(23)28)30-18(13)25-19/h3-4,9H,2,5-8,22H2,1H3,(H2,23,28). The zero-order valence-electron chi connectivity index (χ0n) is 16.2. The molecule has 0 aliphatic carbocycles. The number of carbonyl (C=O) groups is 1. The van der Waals surface area contributed by atoms with Gasteiger partial charge in [0.05, 0.1) is 40.0 Å². The summed E-state index contributed by atoms with van der Waals surface area (Å²) in [4.78, 5) is 22.3. The molecule has 30 heavy (non-hydrogen) atoms. The van der Waals surface area contributed by atoms with Crippen LogP contribution in [-0.4, -0.2) is 53.7 Å². The van der Waals surface area contributed by atoms with E-state index in [0.717, 1.165) is 30.0 Å². The molecule has 1 saturated heterocycles. The number of halogens is 2. The van der Waals surface area contributed by atoms with E-state index in [1.165, 1.54) is 0 Å². The number of amides is 1. The summed E-state index contributed by atoms with van der Waals surface area (Å²) < 4.78 is 5.46. The molecule has 1 aliphatic rings. The summed E-state index contributed by atoms with van der Waals surface area (Å²) in [7, 11) is 0. The van der Waals surface area contributed by atoms with E-state index in [2.05, 4.69) is 5.01 Å². The minimum absolute atomic E-state index is 0.257. The lowest BCUT2D eigenvalue weighted by Crippen LogP contribution is -2.49. The van der Waals surface area contributed by atoms with Crippen LogP contribution >= 0.6 is 34.5 Å². The number of morpholine rings is 1. The summed E-state index contributed by atoms with van der Waals surface area (Å²) in [6.07, 6.45) is 0. The smallest absolute Gasteiger partial charge is 0.260 e. The number of thiophene rings is 1. The van der Waals surface area contributed by atoms with E-state index in [9.17, 15) is 4.79 Å². The molecule has 8 nitrogen and oxygen atoms in total. The van der Waals surface area contributed by atoms with Gasteiger partial charge in [-0.2, -0.15) is 0 Å². The van der Waals surface area contributed by atoms with Crippen molar-refractivity contribution >= 4 is 62.3 Å². The topological polar surface area (TPSA) is 111 Å². The molecule has 0 saturated carbocycles. The molecule has 0 radical (unpaired) electrons. The minimum Gasteiger partial charge on any atom is -0.397 e. The Morgan fingerprint density at radius 3 is 2.63 bits per heavy atom. The maximum absolute atomic E-state index is 11.9. The van der Waals surface area contributed by atoms with Gasteiger partial charge >= 0.3 is 0 Å². The van der Waals surface area contributed by atoms with Crippen LogP contribution in [0.2, 0.25) is 10.0 Å².